The number of benzene rings is 6. The van der Waals surface area contributed by atoms with Crippen LogP contribution in [0.15, 0.2) is 183 Å². The van der Waals surface area contributed by atoms with Gasteiger partial charge in [0.2, 0.25) is 47.2 Å². The Kier molecular flexibility index (Phi) is 23.8. The average molecular weight is 2030 g/mol. The topological polar surface area (TPSA) is 329 Å². The molecule has 4 aromatic heterocycles. The molecule has 0 radical (unpaired) electrons. The molecular formula is C102H93BrClF10N19O9. The van der Waals surface area contributed by atoms with Gasteiger partial charge in [0.05, 0.1) is 88.8 Å². The Morgan fingerprint density at radius 1 is 0.373 bits per heavy atom. The Morgan fingerprint density at radius 2 is 0.662 bits per heavy atom. The number of aryl methyl sites for hydroxylation is 1. The van der Waals surface area contributed by atoms with Crippen LogP contribution in [-0.2, 0) is 30.5 Å². The second kappa shape index (κ2) is 35.7. The fourth-order valence-corrected chi connectivity index (χ4v) is 25.7. The molecule has 9 heterocycles. The summed E-state index contributed by atoms with van der Waals surface area (Å²) in [6.07, 6.45) is 28.9. The molecule has 20 aliphatic rings. The minimum absolute atomic E-state index is 0.0169. The molecule has 5 atom stereocenters. The zero-order valence-electron chi connectivity index (χ0n) is 76.7. The summed E-state index contributed by atoms with van der Waals surface area (Å²) in [5.74, 6) is -6.32. The van der Waals surface area contributed by atoms with Crippen LogP contribution in [0.3, 0.4) is 0 Å². The van der Waals surface area contributed by atoms with Crippen molar-refractivity contribution in [3.63, 3.8) is 0 Å². The van der Waals surface area contributed by atoms with Crippen LogP contribution in [0.1, 0.15) is 216 Å². The molecule has 15 fully saturated rings. The molecule has 30 rings (SSSR count). The monoisotopic (exact) mass is 2030 g/mol. The van der Waals surface area contributed by atoms with Crippen molar-refractivity contribution in [2.24, 2.45) is 85.4 Å². The third-order valence-corrected chi connectivity index (χ3v) is 31.9. The molecule has 15 saturated carbocycles. The van der Waals surface area contributed by atoms with Gasteiger partial charge in [-0.1, -0.05) is 36.6 Å². The van der Waals surface area contributed by atoms with Gasteiger partial charge in [0.1, 0.15) is 92.6 Å². The Hall–Kier alpha value is -13.3. The van der Waals surface area contributed by atoms with E-state index in [1.54, 1.807) is 43.2 Å². The van der Waals surface area contributed by atoms with Crippen LogP contribution in [0.5, 0.6) is 17.6 Å². The number of rotatable bonds is 23. The van der Waals surface area contributed by atoms with Crippen LogP contribution in [0.4, 0.5) is 43.9 Å². The van der Waals surface area contributed by atoms with Crippen molar-refractivity contribution in [3.8, 4) is 17.6 Å². The number of carbonyl (C=O) groups is 6. The molecule has 15 aliphatic carbocycles. The van der Waals surface area contributed by atoms with Crippen LogP contribution < -0.4 is 19.9 Å². The highest BCUT2D eigenvalue weighted by molar-refractivity contribution is 9.10. The Balaban J connectivity index is 0.000000105. The number of fused-ring (bicyclic) bond motifs is 1. The highest BCUT2D eigenvalue weighted by atomic mass is 79.9. The lowest BCUT2D eigenvalue weighted by atomic mass is 9.34. The van der Waals surface area contributed by atoms with E-state index >= 15 is 0 Å². The molecular weight excluding hydrogens is 1940 g/mol. The molecule has 0 saturated heterocycles. The highest BCUT2D eigenvalue weighted by Gasteiger charge is 2.77. The number of primary amides is 1. The summed E-state index contributed by atoms with van der Waals surface area (Å²) >= 11 is 9.11. The Morgan fingerprint density at radius 3 is 0.965 bits per heavy atom. The summed E-state index contributed by atoms with van der Waals surface area (Å²) in [7, 11) is 0. The van der Waals surface area contributed by atoms with Gasteiger partial charge in [0.15, 0.2) is 0 Å². The van der Waals surface area contributed by atoms with E-state index in [0.29, 0.717) is 145 Å². The zero-order chi connectivity index (χ0) is 99.2. The molecule has 10 bridgehead atoms. The number of hydrogen-bond donors (Lipinski definition) is 1. The molecule has 0 spiro atoms. The fourth-order valence-electron chi connectivity index (χ4n) is 25.3. The van der Waals surface area contributed by atoms with E-state index in [-0.39, 0.29) is 74.2 Å². The smallest absolute Gasteiger partial charge is 0.267 e. The molecule has 5 unspecified atom stereocenters. The third-order valence-electron chi connectivity index (χ3n) is 31.2. The first-order chi connectivity index (χ1) is 67.9. The van der Waals surface area contributed by atoms with Crippen LogP contribution in [0.2, 0.25) is 5.15 Å². The number of hydrogen-bond acceptors (Lipinski definition) is 21. The normalized spacial score (nSPS) is 29.8. The summed E-state index contributed by atoms with van der Waals surface area (Å²) < 4.78 is 156. The average Bonchev–Trinajstić information content (AvgIpc) is 1.71. The van der Waals surface area contributed by atoms with Crippen LogP contribution in [0.25, 0.3) is 10.9 Å². The van der Waals surface area contributed by atoms with Gasteiger partial charge in [0, 0.05) is 140 Å². The van der Waals surface area contributed by atoms with Gasteiger partial charge < -0.3 is 19.9 Å². The molecule has 6 aromatic carbocycles. The summed E-state index contributed by atoms with van der Waals surface area (Å²) in [6, 6.07) is 25.5. The van der Waals surface area contributed by atoms with E-state index in [4.69, 9.17) is 31.5 Å². The Bertz CT molecular complexity index is 6650. The minimum atomic E-state index is -0.680. The van der Waals surface area contributed by atoms with Crippen molar-refractivity contribution in [1.29, 1.82) is 0 Å². The number of amides is 6. The maximum Gasteiger partial charge on any atom is 0.267 e. The third kappa shape index (κ3) is 17.4. The number of hydrazone groups is 5. The van der Waals surface area contributed by atoms with Crippen molar-refractivity contribution < 1.29 is 86.9 Å². The van der Waals surface area contributed by atoms with Gasteiger partial charge in [-0.05, 0) is 231 Å². The van der Waals surface area contributed by atoms with E-state index in [2.05, 4.69) is 113 Å². The Labute approximate surface area is 819 Å². The zero-order valence-corrected chi connectivity index (χ0v) is 79.1. The molecule has 10 aromatic rings. The number of carbonyl (C=O) groups excluding carboxylic acids is 6. The summed E-state index contributed by atoms with van der Waals surface area (Å²) in [4.78, 5) is 100. The maximum absolute atomic E-state index is 13.7. The quantitative estimate of drug-likeness (QED) is 0.0459. The number of halogens is 12. The standard InChI is InChI=1S/C24H22F2N4O.C21H19F2N5O3.C20H17BrF2N4O2.C20H17ClF2N4O2.C17H18F2N2O/c1-15-2-3-20-17(6-15)10-28-29(20)14-23-11-24(12-23,13-23)22(31)30-21(4-5-27-30)16-7-18(25)9-19(26)8-16;22-13-3-12(4-14(23)5-13)16-1-2-27-28(16)19(30)21-7-20(8-21,9-21)10-31-17-6-15(18(24)29)25-11-26-17;2*21-16-6-17(25-11-24-16)29-10-19-7-20(8-19,9-19)18(28)27-15(1-2-26-27)12-3-13(22)5-14(23)4-12;1-2-16-8-17(9-16,10-16)15(22)21-14(3-4-20-21)11-5-12(18)7-13(19)6-11/h2-3,5-10,21H,4,11-14H2,1H3;2-6,11,16H,1,7-10H2,(H2,24,29);2*2-6,11,15H,1,7-10H2;4-7,14H,2-3,8-10H2,1H3. The van der Waals surface area contributed by atoms with E-state index in [1.165, 1.54) is 116 Å². The molecule has 28 nitrogen and oxygen atoms in total. The van der Waals surface area contributed by atoms with E-state index in [1.807, 2.05) is 6.20 Å². The van der Waals surface area contributed by atoms with Crippen molar-refractivity contribution in [3.05, 3.63) is 260 Å². The first-order valence-corrected chi connectivity index (χ1v) is 48.0. The minimum Gasteiger partial charge on any atom is -0.477 e. The molecule has 734 valence electrons. The lowest BCUT2D eigenvalue weighted by molar-refractivity contribution is -0.227. The highest BCUT2D eigenvalue weighted by Crippen LogP contribution is 2.79. The first-order valence-electron chi connectivity index (χ1n) is 46.9. The molecule has 40 heteroatoms. The van der Waals surface area contributed by atoms with Crippen molar-refractivity contribution in [1.82, 2.24) is 64.7 Å². The lowest BCUT2D eigenvalue weighted by Crippen LogP contribution is -2.69. The summed E-state index contributed by atoms with van der Waals surface area (Å²) in [5, 5.41) is 34.1. The number of nitrogens with zero attached hydrogens (tertiary/aromatic N) is 18. The van der Waals surface area contributed by atoms with Crippen LogP contribution in [0, 0.1) is 119 Å². The summed E-state index contributed by atoms with van der Waals surface area (Å²) in [6.45, 7) is 6.35. The van der Waals surface area contributed by atoms with Gasteiger partial charge in [-0.3, -0.25) is 33.4 Å². The van der Waals surface area contributed by atoms with Gasteiger partial charge >= 0.3 is 0 Å². The number of aromatic nitrogens is 8. The van der Waals surface area contributed by atoms with Gasteiger partial charge in [0.25, 0.3) is 5.91 Å². The van der Waals surface area contributed by atoms with Crippen molar-refractivity contribution in [2.45, 2.75) is 185 Å². The van der Waals surface area contributed by atoms with Crippen molar-refractivity contribution >= 4 is 105 Å². The second-order valence-corrected chi connectivity index (χ2v) is 42.8. The van der Waals surface area contributed by atoms with Gasteiger partial charge in [-0.25, -0.2) is 98.9 Å². The predicted octanol–water partition coefficient (Wildman–Crippen LogP) is 18.9. The van der Waals surface area contributed by atoms with E-state index < -0.39 is 110 Å². The molecule has 142 heavy (non-hydrogen) atoms. The number of ether oxygens (including phenoxy) is 3. The first kappa shape index (κ1) is 94.9. The molecule has 5 aliphatic heterocycles. The molecule has 6 amide bonds. The van der Waals surface area contributed by atoms with Gasteiger partial charge in [-0.15, -0.1) is 0 Å². The van der Waals surface area contributed by atoms with E-state index in [9.17, 15) is 72.7 Å². The molecule has 2 N–H and O–H groups in total. The fraction of sp³-hybridized carbons (Fsp3) is 0.412. The van der Waals surface area contributed by atoms with Crippen molar-refractivity contribution in [2.75, 3.05) is 19.8 Å². The van der Waals surface area contributed by atoms with Crippen LogP contribution in [-0.4, -0.2) is 151 Å². The predicted molar refractivity (Wildman–Crippen MR) is 497 cm³/mol. The SMILES string of the molecule is CCC12CC(C(=O)N3N=CCC3c3cc(F)cc(F)c3)(C1)C2.Cc1ccc2c(cnn2CC23CC(C(=O)N4N=CCC4c4cc(F)cc(F)c4)(C2)C3)c1.NC(=O)c1cc(OCC23CC(C(=O)N4N=CCC4c4cc(F)cc(F)c4)(C2)C3)ncn1.O=C(N1N=CCC1c1cc(F)cc(F)c1)C12CC(COc3cc(Br)ncn3)(C1)C2.O=C(N1N=CCC1c1cc(F)cc(F)c1)C12CC(COc3cc(Cl)ncn3)(C1)C2. The van der Waals surface area contributed by atoms with E-state index in [0.717, 1.165) is 112 Å². The lowest BCUT2D eigenvalue weighted by Gasteiger charge is -2.70. The maximum atomic E-state index is 13.7. The number of nitrogens with two attached hydrogens (primary N) is 1. The largest absolute Gasteiger partial charge is 0.477 e. The van der Waals surface area contributed by atoms with Crippen LogP contribution >= 0.6 is 27.5 Å². The second-order valence-electron chi connectivity index (χ2n) is 41.6. The summed E-state index contributed by atoms with van der Waals surface area (Å²) in [5.41, 5.74) is 7.97. The van der Waals surface area contributed by atoms with Gasteiger partial charge in [-0.2, -0.15) is 30.6 Å².